The van der Waals surface area contributed by atoms with Crippen LogP contribution in [0, 0.1) is 13.8 Å². The second kappa shape index (κ2) is 10.0. The Morgan fingerprint density at radius 3 is 2.13 bits per heavy atom. The van der Waals surface area contributed by atoms with Crippen LogP contribution in [0.3, 0.4) is 0 Å². The van der Waals surface area contributed by atoms with E-state index in [-0.39, 0.29) is 10.8 Å². The molecule has 0 aliphatic carbocycles. The van der Waals surface area contributed by atoms with E-state index >= 15 is 0 Å². The summed E-state index contributed by atoms with van der Waals surface area (Å²) in [6.45, 7) is 6.54. The minimum atomic E-state index is -3.51. The van der Waals surface area contributed by atoms with Gasteiger partial charge < -0.3 is 10.1 Å². The Morgan fingerprint density at radius 2 is 1.58 bits per heavy atom. The van der Waals surface area contributed by atoms with Gasteiger partial charge in [0.25, 0.3) is 5.91 Å². The number of sulfonamides is 1. The summed E-state index contributed by atoms with van der Waals surface area (Å²) in [6, 6.07) is 9.86. The lowest BCUT2D eigenvalue weighted by atomic mass is 10.1. The fourth-order valence-electron chi connectivity index (χ4n) is 3.62. The lowest BCUT2D eigenvalue weighted by Gasteiger charge is -2.20. The maximum atomic E-state index is 12.9. The highest BCUT2D eigenvalue weighted by Crippen LogP contribution is 2.27. The van der Waals surface area contributed by atoms with Crippen LogP contribution in [0.25, 0.3) is 0 Å². The molecule has 168 valence electrons. The molecule has 8 heteroatoms. The van der Waals surface area contributed by atoms with Crippen molar-refractivity contribution in [2.45, 2.75) is 57.5 Å². The fourth-order valence-corrected chi connectivity index (χ4v) is 5.24. The van der Waals surface area contributed by atoms with E-state index in [4.69, 9.17) is 16.3 Å². The van der Waals surface area contributed by atoms with Crippen LogP contribution in [-0.2, 0) is 14.8 Å². The number of halogens is 1. The summed E-state index contributed by atoms with van der Waals surface area (Å²) in [6.07, 6.45) is 3.16. The van der Waals surface area contributed by atoms with E-state index in [1.54, 1.807) is 35.5 Å². The van der Waals surface area contributed by atoms with Crippen LogP contribution in [0.4, 0.5) is 5.69 Å². The zero-order valence-corrected chi connectivity index (χ0v) is 19.7. The SMILES string of the molecule is Cc1cc(O[C@H](C)C(=O)Nc2ccc(S(=O)(=O)N3CCCCCC3)cc2)cc(C)c1Cl. The highest BCUT2D eigenvalue weighted by molar-refractivity contribution is 7.89. The molecule has 1 atom stereocenters. The molecule has 1 amide bonds. The minimum Gasteiger partial charge on any atom is -0.481 e. The molecule has 2 aromatic carbocycles. The Kier molecular flexibility index (Phi) is 7.62. The van der Waals surface area contributed by atoms with Gasteiger partial charge in [-0.2, -0.15) is 4.31 Å². The third-order valence-electron chi connectivity index (χ3n) is 5.42. The highest BCUT2D eigenvalue weighted by Gasteiger charge is 2.25. The Hall–Kier alpha value is -2.09. The van der Waals surface area contributed by atoms with Crippen molar-refractivity contribution in [2.24, 2.45) is 0 Å². The number of aryl methyl sites for hydroxylation is 2. The Balaban J connectivity index is 1.64. The molecule has 0 aromatic heterocycles. The molecule has 31 heavy (non-hydrogen) atoms. The lowest BCUT2D eigenvalue weighted by Crippen LogP contribution is -2.32. The zero-order chi connectivity index (χ0) is 22.6. The molecule has 3 rings (SSSR count). The van der Waals surface area contributed by atoms with Gasteiger partial charge in [-0.1, -0.05) is 24.4 Å². The standard InChI is InChI=1S/C23H29ClN2O4S/c1-16-14-20(15-17(2)22(16)24)30-18(3)23(27)25-19-8-10-21(11-9-19)31(28,29)26-12-6-4-5-7-13-26/h8-11,14-15,18H,4-7,12-13H2,1-3H3,(H,25,27)/t18-/m1/s1. The van der Waals surface area contributed by atoms with Gasteiger partial charge in [0.2, 0.25) is 10.0 Å². The van der Waals surface area contributed by atoms with Crippen molar-refractivity contribution < 1.29 is 17.9 Å². The summed E-state index contributed by atoms with van der Waals surface area (Å²) in [7, 11) is -3.51. The maximum absolute atomic E-state index is 12.9. The molecule has 1 saturated heterocycles. The number of nitrogens with zero attached hydrogens (tertiary/aromatic N) is 1. The molecule has 0 bridgehead atoms. The van der Waals surface area contributed by atoms with Gasteiger partial charge >= 0.3 is 0 Å². The van der Waals surface area contributed by atoms with Crippen molar-refractivity contribution in [3.63, 3.8) is 0 Å². The number of ether oxygens (including phenoxy) is 1. The van der Waals surface area contributed by atoms with E-state index in [0.717, 1.165) is 36.8 Å². The first-order chi connectivity index (χ1) is 14.7. The summed E-state index contributed by atoms with van der Waals surface area (Å²) >= 11 is 6.18. The molecular weight excluding hydrogens is 436 g/mol. The molecule has 2 aromatic rings. The van der Waals surface area contributed by atoms with E-state index in [1.807, 2.05) is 13.8 Å². The predicted octanol–water partition coefficient (Wildman–Crippen LogP) is 4.93. The summed E-state index contributed by atoms with van der Waals surface area (Å²) in [4.78, 5) is 12.8. The number of anilines is 1. The van der Waals surface area contributed by atoms with Crippen LogP contribution in [0.15, 0.2) is 41.3 Å². The molecular formula is C23H29ClN2O4S. The van der Waals surface area contributed by atoms with Crippen LogP contribution < -0.4 is 10.1 Å². The van der Waals surface area contributed by atoms with Crippen molar-refractivity contribution >= 4 is 33.2 Å². The fraction of sp³-hybridized carbons (Fsp3) is 0.435. The number of hydrogen-bond acceptors (Lipinski definition) is 4. The molecule has 1 aliphatic rings. The molecule has 0 radical (unpaired) electrons. The first-order valence-corrected chi connectivity index (χ1v) is 12.3. The molecule has 1 fully saturated rings. The van der Waals surface area contributed by atoms with Gasteiger partial charge in [0.05, 0.1) is 4.90 Å². The van der Waals surface area contributed by atoms with Gasteiger partial charge in [-0.25, -0.2) is 8.42 Å². The van der Waals surface area contributed by atoms with Gasteiger partial charge in [-0.05, 0) is 81.1 Å². The average molecular weight is 465 g/mol. The monoisotopic (exact) mass is 464 g/mol. The smallest absolute Gasteiger partial charge is 0.265 e. The van der Waals surface area contributed by atoms with Crippen LogP contribution in [0.2, 0.25) is 5.02 Å². The van der Waals surface area contributed by atoms with E-state index in [1.165, 1.54) is 12.1 Å². The third-order valence-corrected chi connectivity index (χ3v) is 7.93. The van der Waals surface area contributed by atoms with Crippen LogP contribution in [0.5, 0.6) is 5.75 Å². The second-order valence-electron chi connectivity index (χ2n) is 7.96. The van der Waals surface area contributed by atoms with Crippen LogP contribution in [0.1, 0.15) is 43.7 Å². The second-order valence-corrected chi connectivity index (χ2v) is 10.3. The third kappa shape index (κ3) is 5.79. The highest BCUT2D eigenvalue weighted by atomic mass is 35.5. The van der Waals surface area contributed by atoms with E-state index in [0.29, 0.717) is 29.5 Å². The lowest BCUT2D eigenvalue weighted by molar-refractivity contribution is -0.122. The van der Waals surface area contributed by atoms with Crippen molar-refractivity contribution in [3.8, 4) is 5.75 Å². The van der Waals surface area contributed by atoms with Gasteiger partial charge in [0, 0.05) is 23.8 Å². The van der Waals surface area contributed by atoms with Gasteiger partial charge in [0.1, 0.15) is 5.75 Å². The normalized spacial score (nSPS) is 16.4. The zero-order valence-electron chi connectivity index (χ0n) is 18.2. The van der Waals surface area contributed by atoms with Gasteiger partial charge in [-0.3, -0.25) is 4.79 Å². The number of carbonyl (C=O) groups is 1. The van der Waals surface area contributed by atoms with Crippen LogP contribution in [-0.4, -0.2) is 37.8 Å². The first kappa shape index (κ1) is 23.6. The Morgan fingerprint density at radius 1 is 1.03 bits per heavy atom. The summed E-state index contributed by atoms with van der Waals surface area (Å²) in [5, 5.41) is 3.45. The first-order valence-electron chi connectivity index (χ1n) is 10.5. The molecule has 1 N–H and O–H groups in total. The molecule has 0 saturated carbocycles. The molecule has 6 nitrogen and oxygen atoms in total. The topological polar surface area (TPSA) is 75.7 Å². The van der Waals surface area contributed by atoms with E-state index in [2.05, 4.69) is 5.32 Å². The van der Waals surface area contributed by atoms with Crippen molar-refractivity contribution in [1.82, 2.24) is 4.31 Å². The minimum absolute atomic E-state index is 0.240. The summed E-state index contributed by atoms with van der Waals surface area (Å²) in [5.74, 6) is 0.245. The average Bonchev–Trinajstić information content (AvgIpc) is 3.02. The van der Waals surface area contributed by atoms with Crippen molar-refractivity contribution in [3.05, 3.63) is 52.5 Å². The van der Waals surface area contributed by atoms with Crippen molar-refractivity contribution in [1.29, 1.82) is 0 Å². The van der Waals surface area contributed by atoms with E-state index in [9.17, 15) is 13.2 Å². The number of nitrogens with one attached hydrogen (secondary N) is 1. The van der Waals surface area contributed by atoms with Crippen LogP contribution >= 0.6 is 11.6 Å². The molecule has 0 spiro atoms. The molecule has 1 heterocycles. The maximum Gasteiger partial charge on any atom is 0.265 e. The number of carbonyl (C=O) groups excluding carboxylic acids is 1. The number of amides is 1. The number of benzene rings is 2. The molecule has 1 aliphatic heterocycles. The predicted molar refractivity (Wildman–Crippen MR) is 123 cm³/mol. The van der Waals surface area contributed by atoms with Gasteiger partial charge in [-0.15, -0.1) is 0 Å². The number of rotatable bonds is 6. The van der Waals surface area contributed by atoms with Gasteiger partial charge in [0.15, 0.2) is 6.10 Å². The van der Waals surface area contributed by atoms with E-state index < -0.39 is 16.1 Å². The Labute approximate surface area is 189 Å². The Bertz CT molecular complexity index is 1010. The number of hydrogen-bond donors (Lipinski definition) is 1. The summed E-state index contributed by atoms with van der Waals surface area (Å²) in [5.41, 5.74) is 2.27. The van der Waals surface area contributed by atoms with Crippen molar-refractivity contribution in [2.75, 3.05) is 18.4 Å². The quantitative estimate of drug-likeness (QED) is 0.657. The largest absolute Gasteiger partial charge is 0.481 e. The molecule has 0 unspecified atom stereocenters. The summed E-state index contributed by atoms with van der Waals surface area (Å²) < 4.78 is 33.1.